The van der Waals surface area contributed by atoms with Gasteiger partial charge < -0.3 is 9.88 Å². The zero-order valence-electron chi connectivity index (χ0n) is 11.4. The number of thiophene rings is 1. The van der Waals surface area contributed by atoms with Crippen LogP contribution in [-0.2, 0) is 13.1 Å². The van der Waals surface area contributed by atoms with Crippen LogP contribution < -0.4 is 5.32 Å². The van der Waals surface area contributed by atoms with E-state index in [0.717, 1.165) is 19.6 Å². The molecule has 3 aromatic rings. The lowest BCUT2D eigenvalue weighted by Crippen LogP contribution is -2.18. The highest BCUT2D eigenvalue weighted by molar-refractivity contribution is 9.10. The standard InChI is InChI=1S/C16H17BrN2S/c1-12-6-7-13(20-12)10-18-8-9-19-11-15(17)14-4-2-3-5-16(14)19/h2-7,11,18H,8-10H2,1H3. The fourth-order valence-corrected chi connectivity index (χ4v) is 3.82. The number of aryl methyl sites for hydroxylation is 1. The average molecular weight is 349 g/mol. The summed E-state index contributed by atoms with van der Waals surface area (Å²) < 4.78 is 3.47. The first-order valence-electron chi connectivity index (χ1n) is 6.73. The van der Waals surface area contributed by atoms with Crippen LogP contribution in [0.25, 0.3) is 10.9 Å². The molecule has 0 bridgehead atoms. The number of rotatable bonds is 5. The SMILES string of the molecule is Cc1ccc(CNCCn2cc(Br)c3ccccc32)s1. The summed E-state index contributed by atoms with van der Waals surface area (Å²) in [6, 6.07) is 12.9. The molecule has 0 aliphatic carbocycles. The van der Waals surface area contributed by atoms with Crippen molar-refractivity contribution < 1.29 is 0 Å². The van der Waals surface area contributed by atoms with E-state index in [1.54, 1.807) is 0 Å². The van der Waals surface area contributed by atoms with E-state index in [4.69, 9.17) is 0 Å². The Morgan fingerprint density at radius 1 is 1.20 bits per heavy atom. The largest absolute Gasteiger partial charge is 0.345 e. The van der Waals surface area contributed by atoms with Crippen LogP contribution in [0.5, 0.6) is 0 Å². The van der Waals surface area contributed by atoms with E-state index in [1.807, 2.05) is 11.3 Å². The minimum absolute atomic E-state index is 0.957. The molecule has 0 aliphatic heterocycles. The summed E-state index contributed by atoms with van der Waals surface area (Å²) in [6.07, 6.45) is 2.17. The molecule has 2 aromatic heterocycles. The Hall–Kier alpha value is -1.10. The molecule has 0 fully saturated rings. The summed E-state index contributed by atoms with van der Waals surface area (Å²) in [7, 11) is 0. The maximum Gasteiger partial charge on any atom is 0.0492 e. The van der Waals surface area contributed by atoms with Gasteiger partial charge in [-0.25, -0.2) is 0 Å². The zero-order valence-corrected chi connectivity index (χ0v) is 13.8. The lowest BCUT2D eigenvalue weighted by molar-refractivity contribution is 0.612. The molecule has 0 saturated heterocycles. The minimum Gasteiger partial charge on any atom is -0.345 e. The molecule has 0 spiro atoms. The van der Waals surface area contributed by atoms with E-state index in [0.29, 0.717) is 0 Å². The van der Waals surface area contributed by atoms with Gasteiger partial charge in [0.15, 0.2) is 0 Å². The van der Waals surface area contributed by atoms with Gasteiger partial charge in [-0.05, 0) is 41.1 Å². The van der Waals surface area contributed by atoms with E-state index in [-0.39, 0.29) is 0 Å². The van der Waals surface area contributed by atoms with E-state index >= 15 is 0 Å². The van der Waals surface area contributed by atoms with Crippen molar-refractivity contribution in [3.05, 3.63) is 56.8 Å². The number of para-hydroxylation sites is 1. The number of halogens is 1. The molecule has 2 nitrogen and oxygen atoms in total. The second-order valence-electron chi connectivity index (χ2n) is 4.88. The third-order valence-corrected chi connectivity index (χ3v) is 5.00. The second kappa shape index (κ2) is 6.12. The summed E-state index contributed by atoms with van der Waals surface area (Å²) in [5, 5.41) is 4.79. The van der Waals surface area contributed by atoms with Gasteiger partial charge in [-0.2, -0.15) is 0 Å². The molecular formula is C16H17BrN2S. The highest BCUT2D eigenvalue weighted by Crippen LogP contribution is 2.25. The van der Waals surface area contributed by atoms with Crippen LogP contribution in [-0.4, -0.2) is 11.1 Å². The molecule has 104 valence electrons. The van der Waals surface area contributed by atoms with Gasteiger partial charge in [-0.1, -0.05) is 18.2 Å². The van der Waals surface area contributed by atoms with Gasteiger partial charge in [0.05, 0.1) is 0 Å². The molecule has 0 radical (unpaired) electrons. The summed E-state index contributed by atoms with van der Waals surface area (Å²) in [5.74, 6) is 0. The van der Waals surface area contributed by atoms with Crippen LogP contribution >= 0.6 is 27.3 Å². The smallest absolute Gasteiger partial charge is 0.0492 e. The molecule has 0 amide bonds. The average Bonchev–Trinajstić information content (AvgIpc) is 3.00. The number of nitrogens with zero attached hydrogens (tertiary/aromatic N) is 1. The lowest BCUT2D eigenvalue weighted by atomic mass is 10.2. The van der Waals surface area contributed by atoms with E-state index in [2.05, 4.69) is 75.3 Å². The summed E-state index contributed by atoms with van der Waals surface area (Å²) in [4.78, 5) is 2.78. The van der Waals surface area contributed by atoms with Crippen LogP contribution in [0, 0.1) is 6.92 Å². The molecule has 20 heavy (non-hydrogen) atoms. The van der Waals surface area contributed by atoms with Crippen molar-refractivity contribution >= 4 is 38.2 Å². The summed E-state index contributed by atoms with van der Waals surface area (Å²) in [5.41, 5.74) is 1.29. The Morgan fingerprint density at radius 3 is 2.85 bits per heavy atom. The molecule has 0 aliphatic rings. The maximum atomic E-state index is 3.63. The predicted octanol–water partition coefficient (Wildman–Crippen LogP) is 4.56. The molecule has 2 heterocycles. The van der Waals surface area contributed by atoms with Crippen molar-refractivity contribution in [3.8, 4) is 0 Å². The zero-order chi connectivity index (χ0) is 13.9. The fourth-order valence-electron chi connectivity index (χ4n) is 2.38. The van der Waals surface area contributed by atoms with Gasteiger partial charge in [-0.3, -0.25) is 0 Å². The number of fused-ring (bicyclic) bond motifs is 1. The van der Waals surface area contributed by atoms with Gasteiger partial charge >= 0.3 is 0 Å². The molecule has 0 atom stereocenters. The lowest BCUT2D eigenvalue weighted by Gasteiger charge is -2.06. The quantitative estimate of drug-likeness (QED) is 0.668. The third kappa shape index (κ3) is 2.97. The summed E-state index contributed by atoms with van der Waals surface area (Å²) in [6.45, 7) is 5.06. The van der Waals surface area contributed by atoms with Crippen molar-refractivity contribution in [1.29, 1.82) is 0 Å². The highest BCUT2D eigenvalue weighted by atomic mass is 79.9. The second-order valence-corrected chi connectivity index (χ2v) is 7.10. The molecular weight excluding hydrogens is 332 g/mol. The number of aromatic nitrogens is 1. The van der Waals surface area contributed by atoms with Crippen molar-refractivity contribution in [3.63, 3.8) is 0 Å². The Morgan fingerprint density at radius 2 is 2.05 bits per heavy atom. The van der Waals surface area contributed by atoms with Gasteiger partial charge in [-0.15, -0.1) is 11.3 Å². The Balaban J connectivity index is 1.60. The molecule has 0 saturated carbocycles. The first kappa shape index (κ1) is 13.9. The van der Waals surface area contributed by atoms with Crippen LogP contribution in [0.15, 0.2) is 47.1 Å². The van der Waals surface area contributed by atoms with Crippen molar-refractivity contribution in [2.45, 2.75) is 20.0 Å². The van der Waals surface area contributed by atoms with Gasteiger partial charge in [0.1, 0.15) is 0 Å². The van der Waals surface area contributed by atoms with Crippen LogP contribution in [0.2, 0.25) is 0 Å². The first-order valence-corrected chi connectivity index (χ1v) is 8.34. The van der Waals surface area contributed by atoms with Gasteiger partial charge in [0.2, 0.25) is 0 Å². The predicted molar refractivity (Wildman–Crippen MR) is 90.4 cm³/mol. The van der Waals surface area contributed by atoms with Gasteiger partial charge in [0.25, 0.3) is 0 Å². The van der Waals surface area contributed by atoms with Crippen LogP contribution in [0.3, 0.4) is 0 Å². The molecule has 4 heteroatoms. The van der Waals surface area contributed by atoms with E-state index < -0.39 is 0 Å². The fraction of sp³-hybridized carbons (Fsp3) is 0.250. The molecule has 3 rings (SSSR count). The molecule has 1 aromatic carbocycles. The summed E-state index contributed by atoms with van der Waals surface area (Å²) >= 11 is 5.49. The topological polar surface area (TPSA) is 17.0 Å². The van der Waals surface area contributed by atoms with Crippen LogP contribution in [0.1, 0.15) is 9.75 Å². The minimum atomic E-state index is 0.957. The normalized spacial score (nSPS) is 11.3. The molecule has 0 unspecified atom stereocenters. The van der Waals surface area contributed by atoms with Crippen molar-refractivity contribution in [2.75, 3.05) is 6.54 Å². The number of hydrogen-bond donors (Lipinski definition) is 1. The first-order chi connectivity index (χ1) is 9.74. The van der Waals surface area contributed by atoms with Crippen molar-refractivity contribution in [2.24, 2.45) is 0 Å². The Kier molecular flexibility index (Phi) is 4.24. The number of benzene rings is 1. The number of hydrogen-bond acceptors (Lipinski definition) is 2. The third-order valence-electron chi connectivity index (χ3n) is 3.36. The highest BCUT2D eigenvalue weighted by Gasteiger charge is 2.05. The van der Waals surface area contributed by atoms with Crippen LogP contribution in [0.4, 0.5) is 0 Å². The van der Waals surface area contributed by atoms with E-state index in [9.17, 15) is 0 Å². The molecule has 1 N–H and O–H groups in total. The van der Waals surface area contributed by atoms with Crippen molar-refractivity contribution in [1.82, 2.24) is 9.88 Å². The Bertz CT molecular complexity index is 714. The van der Waals surface area contributed by atoms with E-state index in [1.165, 1.54) is 25.1 Å². The van der Waals surface area contributed by atoms with Gasteiger partial charge in [0, 0.05) is 51.0 Å². The monoisotopic (exact) mass is 348 g/mol. The maximum absolute atomic E-state index is 3.63. The Labute approximate surface area is 131 Å². The number of nitrogens with one attached hydrogen (secondary N) is 1.